The first-order chi connectivity index (χ1) is 6.40. The van der Waals surface area contributed by atoms with Crippen LogP contribution in [0.4, 0.5) is 9.18 Å². The third-order valence-electron chi connectivity index (χ3n) is 1.37. The number of urea groups is 1. The van der Waals surface area contributed by atoms with Crippen molar-refractivity contribution in [3.05, 3.63) is 36.0 Å². The molecule has 0 bridgehead atoms. The van der Waals surface area contributed by atoms with Crippen molar-refractivity contribution in [3.8, 4) is 0 Å². The molecule has 0 rings (SSSR count). The lowest BCUT2D eigenvalue weighted by atomic mass is 10.2. The molecule has 0 aliphatic carbocycles. The monoisotopic (exact) mass is 200 g/mol. The molecular formula is C9H13FN2O2. The van der Waals surface area contributed by atoms with Crippen LogP contribution in [0.2, 0.25) is 0 Å². The third kappa shape index (κ3) is 3.30. The van der Waals surface area contributed by atoms with Crippen LogP contribution in [0.1, 0.15) is 6.92 Å². The Bertz CT molecular complexity index is 308. The van der Waals surface area contributed by atoms with E-state index in [0.717, 1.165) is 0 Å². The average Bonchev–Trinajstić information content (AvgIpc) is 2.11. The molecule has 0 heterocycles. The van der Waals surface area contributed by atoms with Gasteiger partial charge in [0.25, 0.3) is 0 Å². The highest BCUT2D eigenvalue weighted by atomic mass is 19.1. The number of aliphatic hydroxyl groups excluding tert-OH is 1. The Labute approximate surface area is 81.8 Å². The van der Waals surface area contributed by atoms with Crippen LogP contribution in [0.5, 0.6) is 0 Å². The quantitative estimate of drug-likeness (QED) is 0.480. The lowest BCUT2D eigenvalue weighted by Gasteiger charge is -2.10. The van der Waals surface area contributed by atoms with E-state index in [1.54, 1.807) is 0 Å². The number of carbonyl (C=O) groups is 1. The summed E-state index contributed by atoms with van der Waals surface area (Å²) in [6, 6.07) is -0.598. The zero-order valence-corrected chi connectivity index (χ0v) is 8.15. The number of halogens is 1. The fraction of sp³-hybridized carbons (Fsp3) is 0.222. The molecule has 0 aliphatic heterocycles. The van der Waals surface area contributed by atoms with E-state index in [0.29, 0.717) is 0 Å². The molecular weight excluding hydrogens is 187 g/mol. The summed E-state index contributed by atoms with van der Waals surface area (Å²) in [6.07, 6.45) is 0. The van der Waals surface area contributed by atoms with Gasteiger partial charge in [-0.1, -0.05) is 13.2 Å². The van der Waals surface area contributed by atoms with Crippen LogP contribution in [-0.2, 0) is 0 Å². The Hall–Kier alpha value is -1.78. The number of hydrogen-bond donors (Lipinski definition) is 3. The highest BCUT2D eigenvalue weighted by Gasteiger charge is 2.12. The van der Waals surface area contributed by atoms with E-state index >= 15 is 0 Å². The summed E-state index contributed by atoms with van der Waals surface area (Å²) < 4.78 is 13.2. The van der Waals surface area contributed by atoms with Gasteiger partial charge >= 0.3 is 6.03 Å². The molecule has 0 aromatic heterocycles. The Kier molecular flexibility index (Phi) is 4.42. The van der Waals surface area contributed by atoms with Crippen molar-refractivity contribution >= 4 is 6.03 Å². The number of nitrogens with one attached hydrogen (secondary N) is 2. The van der Waals surface area contributed by atoms with Crippen molar-refractivity contribution in [2.24, 2.45) is 0 Å². The van der Waals surface area contributed by atoms with Crippen molar-refractivity contribution in [2.75, 3.05) is 7.05 Å². The van der Waals surface area contributed by atoms with Gasteiger partial charge in [-0.05, 0) is 12.5 Å². The first kappa shape index (κ1) is 12.2. The summed E-state index contributed by atoms with van der Waals surface area (Å²) in [5.74, 6) is -1.75. The molecule has 2 amide bonds. The molecule has 0 aromatic carbocycles. The van der Waals surface area contributed by atoms with Gasteiger partial charge in [0.15, 0.2) is 5.83 Å². The second-order valence-electron chi connectivity index (χ2n) is 2.62. The standard InChI is InChI=1S/C9H13FN2O2/c1-5(2)8(7(10)6(3)13)12-9(14)11-4/h13H,1,3H2,2,4H3,(H2,11,12,14). The van der Waals surface area contributed by atoms with Gasteiger partial charge in [0, 0.05) is 7.05 Å². The number of amides is 2. The lowest BCUT2D eigenvalue weighted by Crippen LogP contribution is -2.33. The highest BCUT2D eigenvalue weighted by molar-refractivity contribution is 5.76. The summed E-state index contributed by atoms with van der Waals surface area (Å²) in [6.45, 7) is 7.95. The molecule has 78 valence electrons. The van der Waals surface area contributed by atoms with Crippen molar-refractivity contribution in [1.82, 2.24) is 10.6 Å². The topological polar surface area (TPSA) is 61.4 Å². The maximum Gasteiger partial charge on any atom is 0.319 e. The van der Waals surface area contributed by atoms with Crippen LogP contribution in [0.25, 0.3) is 0 Å². The van der Waals surface area contributed by atoms with Crippen LogP contribution in [0.15, 0.2) is 36.0 Å². The van der Waals surface area contributed by atoms with Crippen LogP contribution in [-0.4, -0.2) is 18.2 Å². The van der Waals surface area contributed by atoms with E-state index in [4.69, 9.17) is 5.11 Å². The van der Waals surface area contributed by atoms with Gasteiger partial charge in [0.2, 0.25) is 0 Å². The predicted octanol–water partition coefficient (Wildman–Crippen LogP) is 1.74. The van der Waals surface area contributed by atoms with Gasteiger partial charge in [-0.25, -0.2) is 9.18 Å². The first-order valence-corrected chi connectivity index (χ1v) is 3.82. The summed E-state index contributed by atoms with van der Waals surface area (Å²) in [7, 11) is 1.39. The minimum atomic E-state index is -0.999. The number of aliphatic hydroxyl groups is 1. The Morgan fingerprint density at radius 3 is 2.21 bits per heavy atom. The van der Waals surface area contributed by atoms with Gasteiger partial charge in [-0.3, -0.25) is 0 Å². The van der Waals surface area contributed by atoms with E-state index in [-0.39, 0.29) is 11.3 Å². The number of rotatable bonds is 3. The summed E-state index contributed by atoms with van der Waals surface area (Å²) >= 11 is 0. The van der Waals surface area contributed by atoms with E-state index < -0.39 is 17.6 Å². The molecule has 0 radical (unpaired) electrons. The fourth-order valence-corrected chi connectivity index (χ4v) is 0.669. The van der Waals surface area contributed by atoms with Crippen LogP contribution in [0, 0.1) is 0 Å². The second kappa shape index (κ2) is 5.06. The van der Waals surface area contributed by atoms with E-state index in [1.807, 2.05) is 0 Å². The molecule has 4 nitrogen and oxygen atoms in total. The lowest BCUT2D eigenvalue weighted by molar-refractivity contribution is 0.245. The maximum absolute atomic E-state index is 13.2. The van der Waals surface area contributed by atoms with E-state index in [9.17, 15) is 9.18 Å². The zero-order chi connectivity index (χ0) is 11.3. The molecule has 0 aromatic rings. The van der Waals surface area contributed by atoms with Gasteiger partial charge in [0.05, 0.1) is 5.70 Å². The van der Waals surface area contributed by atoms with Gasteiger partial charge in [0.1, 0.15) is 5.76 Å². The van der Waals surface area contributed by atoms with E-state index in [1.165, 1.54) is 14.0 Å². The molecule has 3 N–H and O–H groups in total. The Morgan fingerprint density at radius 1 is 1.43 bits per heavy atom. The minimum absolute atomic E-state index is 0.183. The molecule has 0 aliphatic rings. The normalized spacial score (nSPS) is 11.4. The number of carbonyl (C=O) groups excluding carboxylic acids is 1. The predicted molar refractivity (Wildman–Crippen MR) is 52.3 cm³/mol. The number of allylic oxidation sites excluding steroid dienone is 2. The van der Waals surface area contributed by atoms with Crippen molar-refractivity contribution in [3.63, 3.8) is 0 Å². The van der Waals surface area contributed by atoms with Gasteiger partial charge in [-0.15, -0.1) is 0 Å². The second-order valence-corrected chi connectivity index (χ2v) is 2.62. The fourth-order valence-electron chi connectivity index (χ4n) is 0.669. The smallest absolute Gasteiger partial charge is 0.319 e. The first-order valence-electron chi connectivity index (χ1n) is 3.82. The van der Waals surface area contributed by atoms with Crippen molar-refractivity contribution in [2.45, 2.75) is 6.92 Å². The molecule has 0 fully saturated rings. The largest absolute Gasteiger partial charge is 0.505 e. The minimum Gasteiger partial charge on any atom is -0.505 e. The average molecular weight is 200 g/mol. The molecule has 0 saturated heterocycles. The molecule has 0 spiro atoms. The maximum atomic E-state index is 13.2. The van der Waals surface area contributed by atoms with E-state index in [2.05, 4.69) is 23.8 Å². The summed E-state index contributed by atoms with van der Waals surface area (Å²) in [5, 5.41) is 13.2. The third-order valence-corrected chi connectivity index (χ3v) is 1.37. The summed E-state index contributed by atoms with van der Waals surface area (Å²) in [4.78, 5) is 10.9. The zero-order valence-electron chi connectivity index (χ0n) is 8.15. The molecule has 5 heteroatoms. The number of hydrogen-bond acceptors (Lipinski definition) is 2. The van der Waals surface area contributed by atoms with Gasteiger partial charge < -0.3 is 15.7 Å². The highest BCUT2D eigenvalue weighted by Crippen LogP contribution is 2.16. The Morgan fingerprint density at radius 2 is 1.93 bits per heavy atom. The van der Waals surface area contributed by atoms with Crippen LogP contribution in [0.3, 0.4) is 0 Å². The molecule has 0 atom stereocenters. The van der Waals surface area contributed by atoms with Crippen molar-refractivity contribution in [1.29, 1.82) is 0 Å². The summed E-state index contributed by atoms with van der Waals surface area (Å²) in [5.41, 5.74) is 0.0955. The Balaban J connectivity index is 4.96. The SMILES string of the molecule is C=C(C)C(NC(=O)NC)=C(F)C(=C)O. The molecule has 0 saturated carbocycles. The van der Waals surface area contributed by atoms with Crippen LogP contribution < -0.4 is 10.6 Å². The molecule has 0 unspecified atom stereocenters. The van der Waals surface area contributed by atoms with Crippen LogP contribution >= 0.6 is 0 Å². The van der Waals surface area contributed by atoms with Crippen molar-refractivity contribution < 1.29 is 14.3 Å². The molecule has 14 heavy (non-hydrogen) atoms. The van der Waals surface area contributed by atoms with Gasteiger partial charge in [-0.2, -0.15) is 0 Å².